The maximum atomic E-state index is 12.9. The highest BCUT2D eigenvalue weighted by atomic mass is 19.4. The molecule has 168 valence electrons. The standard InChI is InChI=1S/C20H22F3N3O5/c1-31-11-3-8-26-17(28)14-5-4-13(12-15(14)18(26)29)16(27)24-6-2-7-25(10-9-24)19(30)20(21,22)23/h4-5,12H,2-3,6-11H2,1H3. The average molecular weight is 441 g/mol. The third kappa shape index (κ3) is 4.71. The van der Waals surface area contributed by atoms with E-state index in [4.69, 9.17) is 4.74 Å². The Morgan fingerprint density at radius 3 is 2.32 bits per heavy atom. The minimum Gasteiger partial charge on any atom is -0.385 e. The van der Waals surface area contributed by atoms with Crippen LogP contribution in [-0.2, 0) is 9.53 Å². The second-order valence-corrected chi connectivity index (χ2v) is 7.30. The number of imide groups is 1. The van der Waals surface area contributed by atoms with E-state index in [0.29, 0.717) is 17.9 Å². The Morgan fingerprint density at radius 1 is 1.00 bits per heavy atom. The van der Waals surface area contributed by atoms with Crippen LogP contribution < -0.4 is 0 Å². The Bertz CT molecular complexity index is 903. The van der Waals surface area contributed by atoms with Crippen molar-refractivity contribution in [2.24, 2.45) is 0 Å². The third-order valence-corrected chi connectivity index (χ3v) is 5.26. The number of nitrogens with zero attached hydrogens (tertiary/aromatic N) is 3. The highest BCUT2D eigenvalue weighted by Gasteiger charge is 2.43. The summed E-state index contributed by atoms with van der Waals surface area (Å²) in [6.45, 7) is 0.357. The maximum absolute atomic E-state index is 12.9. The number of ether oxygens (including phenoxy) is 1. The first-order valence-electron chi connectivity index (χ1n) is 9.79. The first-order chi connectivity index (χ1) is 14.6. The van der Waals surface area contributed by atoms with Crippen molar-refractivity contribution in [3.05, 3.63) is 34.9 Å². The van der Waals surface area contributed by atoms with Gasteiger partial charge in [0.25, 0.3) is 17.7 Å². The number of carbonyl (C=O) groups is 4. The fourth-order valence-corrected chi connectivity index (χ4v) is 3.68. The van der Waals surface area contributed by atoms with Gasteiger partial charge in [-0.25, -0.2) is 0 Å². The molecule has 0 unspecified atom stereocenters. The number of hydrogen-bond acceptors (Lipinski definition) is 5. The van der Waals surface area contributed by atoms with Crippen LogP contribution in [0.4, 0.5) is 13.2 Å². The summed E-state index contributed by atoms with van der Waals surface area (Å²) in [5.41, 5.74) is 0.489. The molecule has 3 rings (SSSR count). The molecule has 4 amide bonds. The van der Waals surface area contributed by atoms with E-state index in [1.54, 1.807) is 0 Å². The van der Waals surface area contributed by atoms with Gasteiger partial charge in [0, 0.05) is 52.0 Å². The lowest BCUT2D eigenvalue weighted by Crippen LogP contribution is -2.43. The number of hydrogen-bond donors (Lipinski definition) is 0. The number of fused-ring (bicyclic) bond motifs is 1. The van der Waals surface area contributed by atoms with E-state index >= 15 is 0 Å². The van der Waals surface area contributed by atoms with Gasteiger partial charge in [-0.15, -0.1) is 0 Å². The molecule has 0 saturated carbocycles. The van der Waals surface area contributed by atoms with Crippen molar-refractivity contribution < 1.29 is 37.1 Å². The summed E-state index contributed by atoms with van der Waals surface area (Å²) in [6, 6.07) is 4.18. The normalized spacial score (nSPS) is 17.1. The van der Waals surface area contributed by atoms with Gasteiger partial charge in [0.1, 0.15) is 0 Å². The van der Waals surface area contributed by atoms with E-state index in [1.165, 1.54) is 30.2 Å². The van der Waals surface area contributed by atoms with E-state index in [0.717, 1.165) is 4.90 Å². The van der Waals surface area contributed by atoms with Gasteiger partial charge in [0.2, 0.25) is 0 Å². The molecule has 0 radical (unpaired) electrons. The van der Waals surface area contributed by atoms with Gasteiger partial charge in [-0.3, -0.25) is 24.1 Å². The van der Waals surface area contributed by atoms with Gasteiger partial charge in [-0.1, -0.05) is 0 Å². The molecule has 31 heavy (non-hydrogen) atoms. The first-order valence-corrected chi connectivity index (χ1v) is 9.79. The molecule has 0 aromatic heterocycles. The number of methoxy groups -OCH3 is 1. The summed E-state index contributed by atoms with van der Waals surface area (Å²) in [4.78, 5) is 52.5. The monoisotopic (exact) mass is 441 g/mol. The highest BCUT2D eigenvalue weighted by Crippen LogP contribution is 2.25. The predicted octanol–water partition coefficient (Wildman–Crippen LogP) is 1.56. The minimum absolute atomic E-state index is 0.0617. The lowest BCUT2D eigenvalue weighted by Gasteiger charge is -2.23. The predicted molar refractivity (Wildman–Crippen MR) is 101 cm³/mol. The molecule has 1 aromatic carbocycles. The zero-order valence-corrected chi connectivity index (χ0v) is 16.9. The molecule has 0 atom stereocenters. The Morgan fingerprint density at radius 2 is 1.65 bits per heavy atom. The molecule has 0 bridgehead atoms. The van der Waals surface area contributed by atoms with Crippen molar-refractivity contribution in [2.75, 3.05) is 46.4 Å². The molecular weight excluding hydrogens is 419 g/mol. The fraction of sp³-hybridized carbons (Fsp3) is 0.500. The smallest absolute Gasteiger partial charge is 0.385 e. The van der Waals surface area contributed by atoms with Gasteiger partial charge >= 0.3 is 12.1 Å². The van der Waals surface area contributed by atoms with Crippen LogP contribution in [0.2, 0.25) is 0 Å². The SMILES string of the molecule is COCCCN1C(=O)c2ccc(C(=O)N3CCCN(C(=O)C(F)(F)F)CC3)cc2C1=O. The van der Waals surface area contributed by atoms with Gasteiger partial charge < -0.3 is 14.5 Å². The molecule has 1 fully saturated rings. The summed E-state index contributed by atoms with van der Waals surface area (Å²) >= 11 is 0. The number of benzene rings is 1. The Kier molecular flexibility index (Phi) is 6.63. The average Bonchev–Trinajstić information content (AvgIpc) is 2.90. The molecule has 1 saturated heterocycles. The number of halogens is 3. The molecule has 2 aliphatic heterocycles. The van der Waals surface area contributed by atoms with Crippen LogP contribution in [0, 0.1) is 0 Å². The molecule has 0 spiro atoms. The molecule has 2 aliphatic rings. The van der Waals surface area contributed by atoms with Crippen molar-refractivity contribution in [1.29, 1.82) is 0 Å². The minimum atomic E-state index is -4.96. The summed E-state index contributed by atoms with van der Waals surface area (Å²) in [6.07, 6.45) is -4.28. The Balaban J connectivity index is 1.71. The topological polar surface area (TPSA) is 87.2 Å². The van der Waals surface area contributed by atoms with E-state index < -0.39 is 29.8 Å². The lowest BCUT2D eigenvalue weighted by molar-refractivity contribution is -0.185. The van der Waals surface area contributed by atoms with Crippen molar-refractivity contribution in [2.45, 2.75) is 19.0 Å². The number of amides is 4. The van der Waals surface area contributed by atoms with Gasteiger partial charge in [-0.2, -0.15) is 13.2 Å². The van der Waals surface area contributed by atoms with Crippen molar-refractivity contribution in [3.8, 4) is 0 Å². The van der Waals surface area contributed by atoms with Gasteiger partial charge in [-0.05, 0) is 31.0 Å². The largest absolute Gasteiger partial charge is 0.471 e. The van der Waals surface area contributed by atoms with Crippen molar-refractivity contribution >= 4 is 23.6 Å². The van der Waals surface area contributed by atoms with Crippen LogP contribution in [0.5, 0.6) is 0 Å². The molecular formula is C20H22F3N3O5. The second kappa shape index (κ2) is 9.04. The Hall–Kier alpha value is -2.95. The summed E-state index contributed by atoms with van der Waals surface area (Å²) in [5, 5.41) is 0. The lowest BCUT2D eigenvalue weighted by atomic mass is 10.0. The van der Waals surface area contributed by atoms with Crippen LogP contribution in [0.1, 0.15) is 43.9 Å². The number of carbonyl (C=O) groups excluding carboxylic acids is 4. The van der Waals surface area contributed by atoms with Crippen molar-refractivity contribution in [3.63, 3.8) is 0 Å². The van der Waals surface area contributed by atoms with E-state index in [9.17, 15) is 32.3 Å². The molecule has 0 aliphatic carbocycles. The molecule has 8 nitrogen and oxygen atoms in total. The molecule has 2 heterocycles. The maximum Gasteiger partial charge on any atom is 0.471 e. The zero-order valence-electron chi connectivity index (χ0n) is 16.9. The zero-order chi connectivity index (χ0) is 22.8. The van der Waals surface area contributed by atoms with Crippen molar-refractivity contribution in [1.82, 2.24) is 14.7 Å². The molecule has 0 N–H and O–H groups in total. The summed E-state index contributed by atoms with van der Waals surface area (Å²) in [7, 11) is 1.52. The number of rotatable bonds is 5. The first kappa shape index (κ1) is 22.7. The van der Waals surface area contributed by atoms with Crippen LogP contribution >= 0.6 is 0 Å². The fourth-order valence-electron chi connectivity index (χ4n) is 3.68. The quantitative estimate of drug-likeness (QED) is 0.511. The van der Waals surface area contributed by atoms with Crippen LogP contribution in [-0.4, -0.2) is 90.9 Å². The second-order valence-electron chi connectivity index (χ2n) is 7.30. The number of alkyl halides is 3. The van der Waals surface area contributed by atoms with Gasteiger partial charge in [0.15, 0.2) is 0 Å². The summed E-state index contributed by atoms with van der Waals surface area (Å²) < 4.78 is 42.9. The van der Waals surface area contributed by atoms with Crippen LogP contribution in [0.25, 0.3) is 0 Å². The van der Waals surface area contributed by atoms with E-state index in [1.807, 2.05) is 0 Å². The van der Waals surface area contributed by atoms with E-state index in [2.05, 4.69) is 0 Å². The third-order valence-electron chi connectivity index (χ3n) is 5.26. The van der Waals surface area contributed by atoms with E-state index in [-0.39, 0.29) is 55.8 Å². The van der Waals surface area contributed by atoms with Gasteiger partial charge in [0.05, 0.1) is 11.1 Å². The van der Waals surface area contributed by atoms with Crippen LogP contribution in [0.15, 0.2) is 18.2 Å². The Labute approximate surface area is 176 Å². The van der Waals surface area contributed by atoms with Crippen LogP contribution in [0.3, 0.4) is 0 Å². The molecule has 1 aromatic rings. The highest BCUT2D eigenvalue weighted by molar-refractivity contribution is 6.22. The molecule has 11 heteroatoms. The summed E-state index contributed by atoms with van der Waals surface area (Å²) in [5.74, 6) is -3.33.